The average Bonchev–Trinajstić information content (AvgIpc) is 3.34. The quantitative estimate of drug-likeness (QED) is 0.583. The van der Waals surface area contributed by atoms with Crippen LogP contribution < -0.4 is 0 Å². The summed E-state index contributed by atoms with van der Waals surface area (Å²) < 4.78 is 16.9. The molecule has 3 rings (SSSR count). The smallest absolute Gasteiger partial charge is 0.274 e. The zero-order valence-corrected chi connectivity index (χ0v) is 17.6. The van der Waals surface area contributed by atoms with Crippen molar-refractivity contribution in [1.29, 1.82) is 0 Å². The summed E-state index contributed by atoms with van der Waals surface area (Å²) in [5.74, 6) is -0.0632. The van der Waals surface area contributed by atoms with E-state index in [9.17, 15) is 9.18 Å². The maximum Gasteiger partial charge on any atom is 0.274 e. The summed E-state index contributed by atoms with van der Waals surface area (Å²) in [5.41, 5.74) is 1.77. The molecule has 0 aliphatic heterocycles. The number of carbonyl (C=O) groups excluding carboxylic acids is 1. The third kappa shape index (κ3) is 4.49. The number of hydrogen-bond donors (Lipinski definition) is 0. The van der Waals surface area contributed by atoms with Crippen molar-refractivity contribution in [2.45, 2.75) is 51.6 Å². The lowest BCUT2D eigenvalue weighted by atomic mass is 10.1. The zero-order chi connectivity index (χ0) is 19.8. The summed E-state index contributed by atoms with van der Waals surface area (Å²) in [6, 6.07) is 6.64. The first kappa shape index (κ1) is 19.8. The second-order valence-corrected chi connectivity index (χ2v) is 8.94. The van der Waals surface area contributed by atoms with Crippen LogP contribution >= 0.6 is 15.9 Å². The molecule has 144 valence electrons. The van der Waals surface area contributed by atoms with Crippen LogP contribution in [-0.4, -0.2) is 27.1 Å². The highest BCUT2D eigenvalue weighted by molar-refractivity contribution is 9.10. The summed E-state index contributed by atoms with van der Waals surface area (Å²) in [4.78, 5) is 14.7. The molecular formula is C21H25BrFN3O. The van der Waals surface area contributed by atoms with Crippen molar-refractivity contribution < 1.29 is 9.18 Å². The molecule has 1 aromatic carbocycles. The van der Waals surface area contributed by atoms with Crippen molar-refractivity contribution in [3.05, 3.63) is 64.2 Å². The second-order valence-electron chi connectivity index (χ2n) is 8.02. The van der Waals surface area contributed by atoms with E-state index in [0.29, 0.717) is 23.7 Å². The Morgan fingerprint density at radius 2 is 2.11 bits per heavy atom. The van der Waals surface area contributed by atoms with Gasteiger partial charge in [0.1, 0.15) is 5.82 Å². The van der Waals surface area contributed by atoms with Crippen LogP contribution in [0.4, 0.5) is 4.39 Å². The van der Waals surface area contributed by atoms with Gasteiger partial charge in [-0.05, 0) is 57.9 Å². The van der Waals surface area contributed by atoms with E-state index in [4.69, 9.17) is 0 Å². The van der Waals surface area contributed by atoms with E-state index >= 15 is 0 Å². The fraction of sp³-hybridized carbons (Fsp3) is 0.429. The van der Waals surface area contributed by atoms with Crippen LogP contribution in [0.15, 0.2) is 41.4 Å². The van der Waals surface area contributed by atoms with Gasteiger partial charge in [0.05, 0.1) is 5.54 Å². The van der Waals surface area contributed by atoms with Crippen molar-refractivity contribution in [1.82, 2.24) is 14.7 Å². The van der Waals surface area contributed by atoms with E-state index < -0.39 is 0 Å². The summed E-state index contributed by atoms with van der Waals surface area (Å²) in [7, 11) is 0. The monoisotopic (exact) mass is 433 g/mol. The predicted octanol–water partition coefficient (Wildman–Crippen LogP) is 5.25. The molecule has 1 heterocycles. The number of amides is 1. The number of carbonyl (C=O) groups is 1. The summed E-state index contributed by atoms with van der Waals surface area (Å²) >= 11 is 3.36. The Kier molecular flexibility index (Phi) is 5.56. The predicted molar refractivity (Wildman–Crippen MR) is 108 cm³/mol. The van der Waals surface area contributed by atoms with Crippen molar-refractivity contribution in [3.63, 3.8) is 0 Å². The SMILES string of the molecule is C=CCN(Cc1cc(Br)ccc1F)C(=O)c1cc(C2CC2)n(C(C)(C)C)n1. The van der Waals surface area contributed by atoms with E-state index in [1.54, 1.807) is 23.1 Å². The fourth-order valence-electron chi connectivity index (χ4n) is 3.11. The first-order valence-corrected chi connectivity index (χ1v) is 9.94. The molecule has 0 atom stereocenters. The summed E-state index contributed by atoms with van der Waals surface area (Å²) in [6.45, 7) is 10.5. The van der Waals surface area contributed by atoms with Crippen LogP contribution in [0.1, 0.15) is 61.3 Å². The van der Waals surface area contributed by atoms with Crippen molar-refractivity contribution in [2.24, 2.45) is 0 Å². The molecule has 0 radical (unpaired) electrons. The Bertz CT molecular complexity index is 865. The number of benzene rings is 1. The Labute approximate surface area is 168 Å². The molecule has 1 saturated carbocycles. The largest absolute Gasteiger partial charge is 0.329 e. The molecule has 4 nitrogen and oxygen atoms in total. The van der Waals surface area contributed by atoms with Crippen molar-refractivity contribution in [2.75, 3.05) is 6.54 Å². The molecule has 27 heavy (non-hydrogen) atoms. The zero-order valence-electron chi connectivity index (χ0n) is 16.0. The van der Waals surface area contributed by atoms with Gasteiger partial charge in [0, 0.05) is 34.7 Å². The first-order valence-electron chi connectivity index (χ1n) is 9.15. The molecular weight excluding hydrogens is 409 g/mol. The normalized spacial score (nSPS) is 14.3. The minimum atomic E-state index is -0.334. The standard InChI is InChI=1S/C21H25BrFN3O/c1-5-10-25(13-15-11-16(22)8-9-17(15)23)20(27)18-12-19(14-6-7-14)26(24-18)21(2,3)4/h5,8-9,11-12,14H,1,6-7,10,13H2,2-4H3. The lowest BCUT2D eigenvalue weighted by molar-refractivity contribution is 0.0753. The molecule has 0 unspecified atom stereocenters. The van der Waals surface area contributed by atoms with Crippen molar-refractivity contribution in [3.8, 4) is 0 Å². The molecule has 1 fully saturated rings. The van der Waals surface area contributed by atoms with Gasteiger partial charge in [0.2, 0.25) is 0 Å². The van der Waals surface area contributed by atoms with E-state index in [1.807, 2.05) is 10.7 Å². The molecule has 0 N–H and O–H groups in total. The molecule has 1 amide bonds. The number of aromatic nitrogens is 2. The van der Waals surface area contributed by atoms with Gasteiger partial charge in [-0.25, -0.2) is 4.39 Å². The van der Waals surface area contributed by atoms with Crippen LogP contribution in [0.3, 0.4) is 0 Å². The molecule has 1 aliphatic rings. The maximum atomic E-state index is 14.2. The van der Waals surface area contributed by atoms with E-state index in [1.165, 1.54) is 6.07 Å². The molecule has 0 spiro atoms. The van der Waals surface area contributed by atoms with Crippen LogP contribution in [-0.2, 0) is 12.1 Å². The number of hydrogen-bond acceptors (Lipinski definition) is 2. The van der Waals surface area contributed by atoms with Gasteiger partial charge in [0.15, 0.2) is 5.69 Å². The van der Waals surface area contributed by atoms with Gasteiger partial charge < -0.3 is 4.90 Å². The first-order chi connectivity index (χ1) is 12.7. The fourth-order valence-corrected chi connectivity index (χ4v) is 3.52. The lowest BCUT2D eigenvalue weighted by Gasteiger charge is -2.23. The van der Waals surface area contributed by atoms with Crippen molar-refractivity contribution >= 4 is 21.8 Å². The molecule has 6 heteroatoms. The highest BCUT2D eigenvalue weighted by Gasteiger charge is 2.33. The van der Waals surface area contributed by atoms with E-state index in [2.05, 4.69) is 48.4 Å². The van der Waals surface area contributed by atoms with Crippen LogP contribution in [0.5, 0.6) is 0 Å². The molecule has 1 aliphatic carbocycles. The minimum absolute atomic E-state index is 0.164. The summed E-state index contributed by atoms with van der Waals surface area (Å²) in [5, 5.41) is 4.62. The highest BCUT2D eigenvalue weighted by Crippen LogP contribution is 2.41. The minimum Gasteiger partial charge on any atom is -0.329 e. The van der Waals surface area contributed by atoms with Crippen LogP contribution in [0.2, 0.25) is 0 Å². The molecule has 2 aromatic rings. The lowest BCUT2D eigenvalue weighted by Crippen LogP contribution is -2.32. The molecule has 0 saturated heterocycles. The highest BCUT2D eigenvalue weighted by atomic mass is 79.9. The average molecular weight is 434 g/mol. The van der Waals surface area contributed by atoms with E-state index in [0.717, 1.165) is 23.0 Å². The Hall–Kier alpha value is -1.95. The van der Waals surface area contributed by atoms with Gasteiger partial charge in [-0.1, -0.05) is 22.0 Å². The molecule has 0 bridgehead atoms. The number of nitrogens with zero attached hydrogens (tertiary/aromatic N) is 3. The van der Waals surface area contributed by atoms with E-state index in [-0.39, 0.29) is 23.8 Å². The van der Waals surface area contributed by atoms with Gasteiger partial charge in [0.25, 0.3) is 5.91 Å². The van der Waals surface area contributed by atoms with Gasteiger partial charge >= 0.3 is 0 Å². The van der Waals surface area contributed by atoms with Gasteiger partial charge in [-0.2, -0.15) is 5.10 Å². The maximum absolute atomic E-state index is 14.2. The second kappa shape index (κ2) is 7.58. The van der Waals surface area contributed by atoms with Crippen LogP contribution in [0, 0.1) is 5.82 Å². The summed E-state index contributed by atoms with van der Waals surface area (Å²) in [6.07, 6.45) is 3.92. The Morgan fingerprint density at radius 1 is 1.41 bits per heavy atom. The third-order valence-electron chi connectivity index (χ3n) is 4.59. The topological polar surface area (TPSA) is 38.1 Å². The third-order valence-corrected chi connectivity index (χ3v) is 5.09. The Balaban J connectivity index is 1.91. The number of rotatable bonds is 6. The Morgan fingerprint density at radius 3 is 2.70 bits per heavy atom. The van der Waals surface area contributed by atoms with Gasteiger partial charge in [-0.15, -0.1) is 6.58 Å². The number of halogens is 2. The molecule has 1 aromatic heterocycles. The van der Waals surface area contributed by atoms with Crippen LogP contribution in [0.25, 0.3) is 0 Å². The van der Waals surface area contributed by atoms with Gasteiger partial charge in [-0.3, -0.25) is 9.48 Å².